The van der Waals surface area contributed by atoms with E-state index < -0.39 is 11.6 Å². The molecule has 1 fully saturated rings. The number of rotatable bonds is 3. The number of carbonyl (C=O) groups is 2. The summed E-state index contributed by atoms with van der Waals surface area (Å²) in [7, 11) is 0. The topological polar surface area (TPSA) is 66.7 Å². The molecule has 0 N–H and O–H groups in total. The number of benzene rings is 1. The van der Waals surface area contributed by atoms with Gasteiger partial charge in [-0.3, -0.25) is 9.59 Å². The minimum atomic E-state index is -1.05. The lowest BCUT2D eigenvalue weighted by Gasteiger charge is -2.35. The van der Waals surface area contributed by atoms with Crippen LogP contribution in [0.15, 0.2) is 22.7 Å². The Morgan fingerprint density at radius 2 is 1.73 bits per heavy atom. The SMILES string of the molecule is Cc1noc(C)c1CC(=O)N1CCN(C(=O)c2ccc(F)c(F)c2)CC1. The molecule has 1 aliphatic rings. The van der Waals surface area contributed by atoms with Crippen LogP contribution in [0.4, 0.5) is 8.78 Å². The lowest BCUT2D eigenvalue weighted by molar-refractivity contribution is -0.131. The Bertz CT molecular complexity index is 823. The highest BCUT2D eigenvalue weighted by molar-refractivity contribution is 5.94. The summed E-state index contributed by atoms with van der Waals surface area (Å²) >= 11 is 0. The molecule has 1 aromatic heterocycles. The predicted molar refractivity (Wildman–Crippen MR) is 88.5 cm³/mol. The van der Waals surface area contributed by atoms with Gasteiger partial charge < -0.3 is 14.3 Å². The number of hydrogen-bond donors (Lipinski definition) is 0. The molecule has 26 heavy (non-hydrogen) atoms. The van der Waals surface area contributed by atoms with E-state index in [0.717, 1.165) is 17.7 Å². The molecule has 1 saturated heterocycles. The zero-order chi connectivity index (χ0) is 18.8. The summed E-state index contributed by atoms with van der Waals surface area (Å²) < 4.78 is 31.4. The van der Waals surface area contributed by atoms with Gasteiger partial charge in [-0.05, 0) is 32.0 Å². The van der Waals surface area contributed by atoms with Crippen molar-refractivity contribution in [1.82, 2.24) is 15.0 Å². The third-order valence-electron chi connectivity index (χ3n) is 4.60. The molecule has 6 nitrogen and oxygen atoms in total. The molecule has 2 heterocycles. The van der Waals surface area contributed by atoms with Crippen LogP contribution in [0.2, 0.25) is 0 Å². The molecular formula is C18H19F2N3O3. The second-order valence-corrected chi connectivity index (χ2v) is 6.28. The molecule has 3 rings (SSSR count). The largest absolute Gasteiger partial charge is 0.361 e. The Balaban J connectivity index is 1.59. The molecule has 0 spiro atoms. The van der Waals surface area contributed by atoms with Crippen molar-refractivity contribution in [3.8, 4) is 0 Å². The van der Waals surface area contributed by atoms with Gasteiger partial charge in [0.25, 0.3) is 5.91 Å². The van der Waals surface area contributed by atoms with E-state index in [1.165, 1.54) is 11.0 Å². The van der Waals surface area contributed by atoms with Crippen LogP contribution >= 0.6 is 0 Å². The van der Waals surface area contributed by atoms with Gasteiger partial charge in [-0.2, -0.15) is 0 Å². The number of hydrogen-bond acceptors (Lipinski definition) is 4. The minimum Gasteiger partial charge on any atom is -0.361 e. The molecule has 1 aromatic carbocycles. The number of carbonyl (C=O) groups excluding carboxylic acids is 2. The van der Waals surface area contributed by atoms with Crippen LogP contribution in [0, 0.1) is 25.5 Å². The van der Waals surface area contributed by atoms with E-state index in [4.69, 9.17) is 4.52 Å². The van der Waals surface area contributed by atoms with Crippen molar-refractivity contribution in [2.24, 2.45) is 0 Å². The zero-order valence-electron chi connectivity index (χ0n) is 14.6. The minimum absolute atomic E-state index is 0.0562. The fraction of sp³-hybridized carbons (Fsp3) is 0.389. The van der Waals surface area contributed by atoms with Crippen molar-refractivity contribution in [3.05, 3.63) is 52.4 Å². The Hall–Kier alpha value is -2.77. The van der Waals surface area contributed by atoms with Gasteiger partial charge in [-0.1, -0.05) is 5.16 Å². The molecule has 2 amide bonds. The number of amides is 2. The number of nitrogens with zero attached hydrogens (tertiary/aromatic N) is 3. The van der Waals surface area contributed by atoms with E-state index in [9.17, 15) is 18.4 Å². The van der Waals surface area contributed by atoms with Gasteiger partial charge in [0.05, 0.1) is 12.1 Å². The summed E-state index contributed by atoms with van der Waals surface area (Å²) in [4.78, 5) is 28.1. The molecule has 0 aliphatic carbocycles. The van der Waals surface area contributed by atoms with E-state index in [1.54, 1.807) is 18.7 Å². The first-order valence-electron chi connectivity index (χ1n) is 8.30. The number of aryl methyl sites for hydroxylation is 2. The van der Waals surface area contributed by atoms with Gasteiger partial charge >= 0.3 is 0 Å². The maximum absolute atomic E-state index is 13.3. The van der Waals surface area contributed by atoms with Crippen molar-refractivity contribution in [1.29, 1.82) is 0 Å². The normalized spacial score (nSPS) is 14.6. The van der Waals surface area contributed by atoms with Crippen LogP contribution in [0.25, 0.3) is 0 Å². The highest BCUT2D eigenvalue weighted by Crippen LogP contribution is 2.16. The predicted octanol–water partition coefficient (Wildman–Crippen LogP) is 2.10. The van der Waals surface area contributed by atoms with Gasteiger partial charge in [-0.15, -0.1) is 0 Å². The molecular weight excluding hydrogens is 344 g/mol. The molecule has 2 aromatic rings. The Kier molecular flexibility index (Phi) is 5.01. The average Bonchev–Trinajstić information content (AvgIpc) is 2.95. The van der Waals surface area contributed by atoms with Crippen LogP contribution < -0.4 is 0 Å². The number of halogens is 2. The van der Waals surface area contributed by atoms with Gasteiger partial charge in [0.1, 0.15) is 5.76 Å². The Morgan fingerprint density at radius 3 is 2.31 bits per heavy atom. The third kappa shape index (κ3) is 3.58. The maximum Gasteiger partial charge on any atom is 0.254 e. The van der Waals surface area contributed by atoms with Crippen molar-refractivity contribution in [3.63, 3.8) is 0 Å². The zero-order valence-corrected chi connectivity index (χ0v) is 14.6. The monoisotopic (exact) mass is 363 g/mol. The smallest absolute Gasteiger partial charge is 0.254 e. The highest BCUT2D eigenvalue weighted by atomic mass is 19.2. The van der Waals surface area contributed by atoms with E-state index in [2.05, 4.69) is 5.16 Å². The third-order valence-corrected chi connectivity index (χ3v) is 4.60. The first-order valence-corrected chi connectivity index (χ1v) is 8.30. The maximum atomic E-state index is 13.3. The molecule has 1 aliphatic heterocycles. The molecule has 0 radical (unpaired) electrons. The summed E-state index contributed by atoms with van der Waals surface area (Å²) in [5.74, 6) is -1.84. The summed E-state index contributed by atoms with van der Waals surface area (Å²) in [6, 6.07) is 3.09. The number of aromatic nitrogens is 1. The van der Waals surface area contributed by atoms with E-state index in [0.29, 0.717) is 37.6 Å². The van der Waals surface area contributed by atoms with Gasteiger partial charge in [0.15, 0.2) is 11.6 Å². The molecule has 8 heteroatoms. The van der Waals surface area contributed by atoms with Crippen molar-refractivity contribution < 1.29 is 22.9 Å². The van der Waals surface area contributed by atoms with Crippen LogP contribution in [0.1, 0.15) is 27.4 Å². The van der Waals surface area contributed by atoms with E-state index >= 15 is 0 Å². The van der Waals surface area contributed by atoms with Crippen molar-refractivity contribution in [2.75, 3.05) is 26.2 Å². The lowest BCUT2D eigenvalue weighted by atomic mass is 10.1. The lowest BCUT2D eigenvalue weighted by Crippen LogP contribution is -2.51. The Labute approximate surface area is 149 Å². The van der Waals surface area contributed by atoms with E-state index in [1.807, 2.05) is 0 Å². The second-order valence-electron chi connectivity index (χ2n) is 6.28. The van der Waals surface area contributed by atoms with Crippen LogP contribution in [0.5, 0.6) is 0 Å². The quantitative estimate of drug-likeness (QED) is 0.838. The average molecular weight is 363 g/mol. The Morgan fingerprint density at radius 1 is 1.08 bits per heavy atom. The molecule has 0 saturated carbocycles. The first kappa shape index (κ1) is 18.0. The summed E-state index contributed by atoms with van der Waals surface area (Å²) in [5.41, 5.74) is 1.58. The van der Waals surface area contributed by atoms with Gasteiger partial charge in [-0.25, -0.2) is 8.78 Å². The standard InChI is InChI=1S/C18H19F2N3O3/c1-11-14(12(2)26-21-11)10-17(24)22-5-7-23(8-6-22)18(25)13-3-4-15(19)16(20)9-13/h3-4,9H,5-8,10H2,1-2H3. The van der Waals surface area contributed by atoms with Crippen molar-refractivity contribution in [2.45, 2.75) is 20.3 Å². The van der Waals surface area contributed by atoms with Gasteiger partial charge in [0.2, 0.25) is 5.91 Å². The van der Waals surface area contributed by atoms with Crippen LogP contribution in [-0.2, 0) is 11.2 Å². The molecule has 0 unspecified atom stereocenters. The molecule has 0 atom stereocenters. The summed E-state index contributed by atoms with van der Waals surface area (Å²) in [5, 5.41) is 3.84. The number of piperazine rings is 1. The van der Waals surface area contributed by atoms with Crippen LogP contribution in [0.3, 0.4) is 0 Å². The molecule has 138 valence electrons. The fourth-order valence-corrected chi connectivity index (χ4v) is 2.99. The fourth-order valence-electron chi connectivity index (χ4n) is 2.99. The van der Waals surface area contributed by atoms with Crippen LogP contribution in [-0.4, -0.2) is 52.9 Å². The summed E-state index contributed by atoms with van der Waals surface area (Å²) in [6.07, 6.45) is 0.207. The summed E-state index contributed by atoms with van der Waals surface area (Å²) in [6.45, 7) is 5.00. The van der Waals surface area contributed by atoms with Gasteiger partial charge in [0, 0.05) is 37.3 Å². The molecule has 0 bridgehead atoms. The van der Waals surface area contributed by atoms with E-state index in [-0.39, 0.29) is 23.8 Å². The highest BCUT2D eigenvalue weighted by Gasteiger charge is 2.26. The first-order chi connectivity index (χ1) is 12.4. The van der Waals surface area contributed by atoms with Crippen molar-refractivity contribution >= 4 is 11.8 Å². The second kappa shape index (κ2) is 7.23.